The molecule has 2 heteroatoms. The highest BCUT2D eigenvalue weighted by atomic mass is 79.9. The Morgan fingerprint density at radius 1 is 1.17 bits per heavy atom. The smallest absolute Gasteiger partial charge is 0.00339 e. The van der Waals surface area contributed by atoms with Crippen molar-refractivity contribution >= 4 is 24.5 Å². The molecule has 0 heterocycles. The van der Waals surface area contributed by atoms with Crippen LogP contribution in [0.3, 0.4) is 0 Å². The molecule has 12 heavy (non-hydrogen) atoms. The molecule has 0 spiro atoms. The summed E-state index contributed by atoms with van der Waals surface area (Å²) in [5.41, 5.74) is 0. The monoisotopic (exact) mass is 252 g/mol. The van der Waals surface area contributed by atoms with Crippen molar-refractivity contribution in [3.63, 3.8) is 0 Å². The number of alkyl halides is 1. The molecule has 74 valence electrons. The third kappa shape index (κ3) is 7.55. The van der Waals surface area contributed by atoms with E-state index in [1.165, 1.54) is 51.9 Å². The van der Waals surface area contributed by atoms with E-state index >= 15 is 0 Å². The molecule has 0 rings (SSSR count). The molecule has 0 aliphatic heterocycles. The van der Waals surface area contributed by atoms with Crippen LogP contribution in [0.1, 0.15) is 39.5 Å². The van der Waals surface area contributed by atoms with Gasteiger partial charge >= 0.3 is 0 Å². The van der Waals surface area contributed by atoms with Crippen LogP contribution in [0.4, 0.5) is 0 Å². The molecule has 0 bridgehead atoms. The van der Waals surface area contributed by atoms with Crippen molar-refractivity contribution in [3.8, 4) is 0 Å². The molecule has 0 N–H and O–H groups in total. The summed E-state index contributed by atoms with van der Waals surface area (Å²) in [7, 11) is 1.22. The van der Waals surface area contributed by atoms with E-state index in [0.717, 1.165) is 5.92 Å². The van der Waals surface area contributed by atoms with E-state index in [-0.39, 0.29) is 0 Å². The molecule has 0 aliphatic carbocycles. The van der Waals surface area contributed by atoms with Gasteiger partial charge in [-0.1, -0.05) is 42.6 Å². The SMILES string of the molecule is CCCPCCC(CC)CCBr. The summed E-state index contributed by atoms with van der Waals surface area (Å²) >= 11 is 3.52. The van der Waals surface area contributed by atoms with Crippen molar-refractivity contribution in [2.45, 2.75) is 39.5 Å². The average Bonchev–Trinajstić information content (AvgIpc) is 2.10. The van der Waals surface area contributed by atoms with Crippen LogP contribution in [0.15, 0.2) is 0 Å². The molecule has 0 amide bonds. The van der Waals surface area contributed by atoms with Gasteiger partial charge in [-0.25, -0.2) is 0 Å². The maximum atomic E-state index is 3.52. The van der Waals surface area contributed by atoms with E-state index in [2.05, 4.69) is 29.8 Å². The van der Waals surface area contributed by atoms with Gasteiger partial charge in [0, 0.05) is 5.33 Å². The fourth-order valence-corrected chi connectivity index (χ4v) is 3.18. The van der Waals surface area contributed by atoms with Crippen molar-refractivity contribution in [2.24, 2.45) is 5.92 Å². The Balaban J connectivity index is 3.19. The first kappa shape index (κ1) is 12.9. The average molecular weight is 253 g/mol. The van der Waals surface area contributed by atoms with Crippen molar-refractivity contribution in [1.29, 1.82) is 0 Å². The third-order valence-corrected chi connectivity index (χ3v) is 4.20. The van der Waals surface area contributed by atoms with Crippen molar-refractivity contribution in [3.05, 3.63) is 0 Å². The van der Waals surface area contributed by atoms with Crippen LogP contribution in [0.2, 0.25) is 0 Å². The van der Waals surface area contributed by atoms with E-state index in [4.69, 9.17) is 0 Å². The van der Waals surface area contributed by atoms with Crippen LogP contribution >= 0.6 is 24.5 Å². The van der Waals surface area contributed by atoms with Gasteiger partial charge in [-0.05, 0) is 31.1 Å². The molecule has 0 aliphatic rings. The van der Waals surface area contributed by atoms with Crippen LogP contribution in [-0.2, 0) is 0 Å². The second-order valence-corrected chi connectivity index (χ2v) is 5.58. The zero-order valence-electron chi connectivity index (χ0n) is 8.41. The van der Waals surface area contributed by atoms with Gasteiger partial charge in [-0.2, -0.15) is 0 Å². The molecule has 0 fully saturated rings. The zero-order chi connectivity index (χ0) is 9.23. The first-order valence-corrected chi connectivity index (χ1v) is 7.65. The second kappa shape index (κ2) is 9.99. The quantitative estimate of drug-likeness (QED) is 0.344. The minimum Gasteiger partial charge on any atom is -0.122 e. The number of halogens is 1. The van der Waals surface area contributed by atoms with E-state index in [1.807, 2.05) is 0 Å². The number of hydrogen-bond acceptors (Lipinski definition) is 0. The van der Waals surface area contributed by atoms with Gasteiger partial charge in [0.2, 0.25) is 0 Å². The molecule has 0 saturated carbocycles. The molecule has 0 aromatic heterocycles. The molecule has 0 saturated heterocycles. The summed E-state index contributed by atoms with van der Waals surface area (Å²) in [6.07, 6.45) is 8.48. The lowest BCUT2D eigenvalue weighted by Gasteiger charge is -2.12. The van der Waals surface area contributed by atoms with Crippen LogP contribution < -0.4 is 0 Å². The second-order valence-electron chi connectivity index (χ2n) is 3.29. The Kier molecular flexibility index (Phi) is 10.8. The topological polar surface area (TPSA) is 0 Å². The predicted molar refractivity (Wildman–Crippen MR) is 65.1 cm³/mol. The first-order valence-electron chi connectivity index (χ1n) is 5.11. The normalized spacial score (nSPS) is 14.2. The Hall–Kier alpha value is 0.910. The fourth-order valence-electron chi connectivity index (χ4n) is 1.31. The maximum absolute atomic E-state index is 3.52. The predicted octanol–water partition coefficient (Wildman–Crippen LogP) is 4.28. The van der Waals surface area contributed by atoms with E-state index < -0.39 is 0 Å². The van der Waals surface area contributed by atoms with Crippen molar-refractivity contribution in [1.82, 2.24) is 0 Å². The van der Waals surface area contributed by atoms with Gasteiger partial charge in [0.1, 0.15) is 0 Å². The molecular formula is C10H22BrP. The fraction of sp³-hybridized carbons (Fsp3) is 1.00. The summed E-state index contributed by atoms with van der Waals surface area (Å²) in [4.78, 5) is 0. The van der Waals surface area contributed by atoms with E-state index in [9.17, 15) is 0 Å². The summed E-state index contributed by atoms with van der Waals surface area (Å²) in [5.74, 6) is 0.980. The van der Waals surface area contributed by atoms with Gasteiger partial charge in [0.05, 0.1) is 0 Å². The lowest BCUT2D eigenvalue weighted by Crippen LogP contribution is -2.00. The van der Waals surface area contributed by atoms with Crippen LogP contribution in [0.25, 0.3) is 0 Å². The minimum absolute atomic E-state index is 0.980. The summed E-state index contributed by atoms with van der Waals surface area (Å²) in [6, 6.07) is 0. The van der Waals surface area contributed by atoms with E-state index in [0.29, 0.717) is 0 Å². The Labute approximate surface area is 87.8 Å². The largest absolute Gasteiger partial charge is 0.122 e. The highest BCUT2D eigenvalue weighted by Gasteiger charge is 2.03. The van der Waals surface area contributed by atoms with Crippen LogP contribution in [-0.4, -0.2) is 17.7 Å². The standard InChI is InChI=1S/C10H22BrP/c1-3-8-12-9-6-10(4-2)5-7-11/h10,12H,3-9H2,1-2H3. The molecule has 0 radical (unpaired) electrons. The highest BCUT2D eigenvalue weighted by Crippen LogP contribution is 2.21. The lowest BCUT2D eigenvalue weighted by molar-refractivity contribution is 0.485. The Bertz CT molecular complexity index is 85.9. The highest BCUT2D eigenvalue weighted by molar-refractivity contribution is 9.09. The molecule has 2 atom stereocenters. The van der Waals surface area contributed by atoms with Gasteiger partial charge in [-0.15, -0.1) is 8.58 Å². The lowest BCUT2D eigenvalue weighted by atomic mass is 10.0. The molecule has 0 aromatic carbocycles. The van der Waals surface area contributed by atoms with Gasteiger partial charge in [0.25, 0.3) is 0 Å². The number of hydrogen-bond donors (Lipinski definition) is 0. The molecule has 0 nitrogen and oxygen atoms in total. The maximum Gasteiger partial charge on any atom is 0.00339 e. The zero-order valence-corrected chi connectivity index (χ0v) is 11.0. The van der Waals surface area contributed by atoms with Gasteiger partial charge in [-0.3, -0.25) is 0 Å². The summed E-state index contributed by atoms with van der Waals surface area (Å²) in [5, 5.41) is 1.18. The molecule has 0 aromatic rings. The Morgan fingerprint density at radius 2 is 1.92 bits per heavy atom. The van der Waals surface area contributed by atoms with Crippen molar-refractivity contribution in [2.75, 3.05) is 17.7 Å². The molecular weight excluding hydrogens is 231 g/mol. The summed E-state index contributed by atoms with van der Waals surface area (Å²) in [6.45, 7) is 4.60. The van der Waals surface area contributed by atoms with Crippen molar-refractivity contribution < 1.29 is 0 Å². The number of rotatable bonds is 8. The van der Waals surface area contributed by atoms with Gasteiger partial charge < -0.3 is 0 Å². The van der Waals surface area contributed by atoms with E-state index in [1.54, 1.807) is 0 Å². The Morgan fingerprint density at radius 3 is 2.42 bits per heavy atom. The third-order valence-electron chi connectivity index (χ3n) is 2.25. The summed E-state index contributed by atoms with van der Waals surface area (Å²) < 4.78 is 0. The molecule has 2 unspecified atom stereocenters. The van der Waals surface area contributed by atoms with Crippen LogP contribution in [0, 0.1) is 5.92 Å². The van der Waals surface area contributed by atoms with Crippen LogP contribution in [0.5, 0.6) is 0 Å². The first-order chi connectivity index (χ1) is 5.85. The minimum atomic E-state index is 0.980. The van der Waals surface area contributed by atoms with Gasteiger partial charge in [0.15, 0.2) is 0 Å².